The van der Waals surface area contributed by atoms with Crippen LogP contribution in [0.2, 0.25) is 0 Å². The van der Waals surface area contributed by atoms with Gasteiger partial charge in [-0.3, -0.25) is 0 Å². The zero-order chi connectivity index (χ0) is 9.19. The number of rotatable bonds is 0. The van der Waals surface area contributed by atoms with Crippen molar-refractivity contribution in [2.24, 2.45) is 0 Å². The average molecular weight is 177 g/mol. The van der Waals surface area contributed by atoms with Crippen LogP contribution in [0.3, 0.4) is 0 Å². The van der Waals surface area contributed by atoms with Gasteiger partial charge in [0.05, 0.1) is 0 Å². The van der Waals surface area contributed by atoms with E-state index < -0.39 is 0 Å². The molecule has 1 rings (SSSR count). The van der Waals surface area contributed by atoms with Gasteiger partial charge in [0.2, 0.25) is 0 Å². The van der Waals surface area contributed by atoms with E-state index in [-0.39, 0.29) is 0 Å². The summed E-state index contributed by atoms with van der Waals surface area (Å²) in [4.78, 5) is 0. The number of hydrogen-bond donors (Lipinski definition) is 0. The van der Waals surface area contributed by atoms with Crippen LogP contribution in [0.5, 0.6) is 0 Å². The van der Waals surface area contributed by atoms with Crippen LogP contribution in [0.15, 0.2) is 24.3 Å². The van der Waals surface area contributed by atoms with Crippen molar-refractivity contribution in [1.82, 2.24) is 0 Å². The monoisotopic (exact) mass is 177 g/mol. The molecule has 0 spiro atoms. The largest absolute Gasteiger partial charge is 0.0882 e. The minimum absolute atomic E-state index is 1.12. The van der Waals surface area contributed by atoms with E-state index in [9.17, 15) is 0 Å². The Morgan fingerprint density at radius 3 is 2.23 bits per heavy atom. The minimum atomic E-state index is 1.12. The summed E-state index contributed by atoms with van der Waals surface area (Å²) < 4.78 is 0. The summed E-state index contributed by atoms with van der Waals surface area (Å²) in [5.41, 5.74) is 0. The lowest BCUT2D eigenvalue weighted by molar-refractivity contribution is 0.668. The molecule has 0 saturated heterocycles. The van der Waals surface area contributed by atoms with E-state index in [2.05, 4.69) is 30.7 Å². The molecule has 0 heteroatoms. The van der Waals surface area contributed by atoms with Gasteiger partial charge in [0.1, 0.15) is 0 Å². The Morgan fingerprint density at radius 1 is 0.538 bits per heavy atom. The van der Waals surface area contributed by atoms with E-state index in [0.717, 1.165) is 6.42 Å². The molecule has 0 aromatic carbocycles. The highest BCUT2D eigenvalue weighted by Gasteiger charge is 1.90. The van der Waals surface area contributed by atoms with Crippen LogP contribution in [0.25, 0.3) is 0 Å². The Kier molecular flexibility index (Phi) is 6.58. The normalized spacial score (nSPS) is 21.5. The molecule has 13 heavy (non-hydrogen) atoms. The predicted octanol–water partition coefficient (Wildman–Crippen LogP) is 4.44. The maximum atomic E-state index is 2.44. The fourth-order valence-electron chi connectivity index (χ4n) is 1.59. The summed E-state index contributed by atoms with van der Waals surface area (Å²) in [6.07, 6.45) is 22.0. The maximum Gasteiger partial charge on any atom is -0.0169 e. The van der Waals surface area contributed by atoms with E-state index >= 15 is 0 Å². The zero-order valence-corrected chi connectivity index (χ0v) is 8.54. The highest BCUT2D eigenvalue weighted by atomic mass is 14.0. The molecule has 0 nitrogen and oxygen atoms in total. The summed E-state index contributed by atoms with van der Waals surface area (Å²) in [7, 11) is 0. The van der Waals surface area contributed by atoms with Gasteiger partial charge in [-0.25, -0.2) is 0 Å². The summed E-state index contributed by atoms with van der Waals surface area (Å²) in [6, 6.07) is 0. The first-order valence-electron chi connectivity index (χ1n) is 5.62. The van der Waals surface area contributed by atoms with E-state index in [1.54, 1.807) is 0 Å². The molecule has 0 saturated carbocycles. The summed E-state index contributed by atoms with van der Waals surface area (Å²) in [5, 5.41) is 0. The lowest BCUT2D eigenvalue weighted by Gasteiger charge is -1.98. The highest BCUT2D eigenvalue weighted by Crippen LogP contribution is 2.09. The Bertz CT molecular complexity index is 135. The lowest BCUT2D eigenvalue weighted by Crippen LogP contribution is -1.79. The van der Waals surface area contributed by atoms with Crippen molar-refractivity contribution in [2.75, 3.05) is 0 Å². The van der Waals surface area contributed by atoms with Crippen molar-refractivity contribution in [3.05, 3.63) is 30.7 Å². The summed E-state index contributed by atoms with van der Waals surface area (Å²) in [6.45, 7) is 0. The van der Waals surface area contributed by atoms with Gasteiger partial charge < -0.3 is 0 Å². The van der Waals surface area contributed by atoms with Gasteiger partial charge in [-0.1, -0.05) is 43.6 Å². The molecule has 0 N–H and O–H groups in total. The molecule has 0 amide bonds. The molecular formula is C13H21. The van der Waals surface area contributed by atoms with Crippen LogP contribution in [0.4, 0.5) is 0 Å². The molecule has 0 atom stereocenters. The highest BCUT2D eigenvalue weighted by molar-refractivity contribution is 4.93. The predicted molar refractivity (Wildman–Crippen MR) is 59.5 cm³/mol. The molecule has 0 aromatic rings. The Labute approximate surface area is 82.7 Å². The molecule has 1 aliphatic rings. The first-order chi connectivity index (χ1) is 6.50. The molecule has 1 radical (unpaired) electrons. The number of allylic oxidation sites excluding steroid dienone is 4. The van der Waals surface area contributed by atoms with Gasteiger partial charge in [-0.2, -0.15) is 0 Å². The topological polar surface area (TPSA) is 0 Å². The second-order valence-electron chi connectivity index (χ2n) is 3.68. The Hall–Kier alpha value is -0.520. The number of hydrogen-bond acceptors (Lipinski definition) is 0. The van der Waals surface area contributed by atoms with Gasteiger partial charge in [0, 0.05) is 0 Å². The second kappa shape index (κ2) is 8.10. The maximum absolute atomic E-state index is 2.44. The third-order valence-corrected chi connectivity index (χ3v) is 2.42. The zero-order valence-electron chi connectivity index (χ0n) is 8.54. The molecule has 1 aliphatic carbocycles. The smallest absolute Gasteiger partial charge is 0.0169 e. The van der Waals surface area contributed by atoms with Gasteiger partial charge in [-0.05, 0) is 38.5 Å². The van der Waals surface area contributed by atoms with Crippen molar-refractivity contribution >= 4 is 0 Å². The van der Waals surface area contributed by atoms with E-state index in [0.29, 0.717) is 0 Å². The Morgan fingerprint density at radius 2 is 1.31 bits per heavy atom. The van der Waals surface area contributed by atoms with Gasteiger partial charge in [-0.15, -0.1) is 0 Å². The Balaban J connectivity index is 2.18. The lowest BCUT2D eigenvalue weighted by atomic mass is 10.1. The van der Waals surface area contributed by atoms with Crippen LogP contribution >= 0.6 is 0 Å². The van der Waals surface area contributed by atoms with Crippen molar-refractivity contribution in [3.63, 3.8) is 0 Å². The van der Waals surface area contributed by atoms with E-state index in [1.165, 1.54) is 44.9 Å². The minimum Gasteiger partial charge on any atom is -0.0882 e. The van der Waals surface area contributed by atoms with Gasteiger partial charge >= 0.3 is 0 Å². The van der Waals surface area contributed by atoms with Crippen LogP contribution in [0, 0.1) is 6.42 Å². The van der Waals surface area contributed by atoms with Crippen LogP contribution < -0.4 is 0 Å². The van der Waals surface area contributed by atoms with Crippen molar-refractivity contribution < 1.29 is 0 Å². The fraction of sp³-hybridized carbons (Fsp3) is 0.615. The molecule has 0 bridgehead atoms. The second-order valence-corrected chi connectivity index (χ2v) is 3.68. The molecule has 0 fully saturated rings. The van der Waals surface area contributed by atoms with Gasteiger partial charge in [0.25, 0.3) is 0 Å². The SMILES string of the molecule is [CH]1CCC=CCC=CCCCCC1. The van der Waals surface area contributed by atoms with E-state index in [4.69, 9.17) is 0 Å². The molecule has 0 aromatic heterocycles. The van der Waals surface area contributed by atoms with Crippen molar-refractivity contribution in [1.29, 1.82) is 0 Å². The molecule has 0 heterocycles. The first kappa shape index (κ1) is 10.6. The summed E-state index contributed by atoms with van der Waals surface area (Å²) in [5.74, 6) is 0. The van der Waals surface area contributed by atoms with Crippen LogP contribution in [-0.4, -0.2) is 0 Å². The van der Waals surface area contributed by atoms with Gasteiger partial charge in [0.15, 0.2) is 0 Å². The molecular weight excluding hydrogens is 156 g/mol. The molecule has 0 aliphatic heterocycles. The third-order valence-electron chi connectivity index (χ3n) is 2.42. The van der Waals surface area contributed by atoms with Crippen LogP contribution in [0.1, 0.15) is 51.4 Å². The fourth-order valence-corrected chi connectivity index (χ4v) is 1.59. The average Bonchev–Trinajstić information content (AvgIpc) is 2.18. The standard InChI is InChI=1S/C13H21/c1-2-4-6-8-10-12-13-11-9-7-5-3-1/h1-2,5,7-8H,3-4,6,9-13H2. The van der Waals surface area contributed by atoms with Crippen molar-refractivity contribution in [3.8, 4) is 0 Å². The first-order valence-corrected chi connectivity index (χ1v) is 5.62. The van der Waals surface area contributed by atoms with Crippen molar-refractivity contribution in [2.45, 2.75) is 51.4 Å². The molecule has 73 valence electrons. The van der Waals surface area contributed by atoms with Crippen LogP contribution in [-0.2, 0) is 0 Å². The molecule has 0 unspecified atom stereocenters. The summed E-state index contributed by atoms with van der Waals surface area (Å²) >= 11 is 0. The quantitative estimate of drug-likeness (QED) is 0.480. The van der Waals surface area contributed by atoms with E-state index in [1.807, 2.05) is 0 Å². The third kappa shape index (κ3) is 6.62.